The van der Waals surface area contributed by atoms with Crippen molar-refractivity contribution in [3.05, 3.63) is 139 Å². The van der Waals surface area contributed by atoms with Gasteiger partial charge in [-0.25, -0.2) is 4.99 Å². The van der Waals surface area contributed by atoms with Crippen LogP contribution >= 0.6 is 11.3 Å². The van der Waals surface area contributed by atoms with E-state index in [1.807, 2.05) is 11.3 Å². The van der Waals surface area contributed by atoms with E-state index in [4.69, 9.17) is 4.99 Å². The van der Waals surface area contributed by atoms with Gasteiger partial charge in [0, 0.05) is 38.9 Å². The normalized spacial score (nSPS) is 15.8. The number of hydrogen-bond donors (Lipinski definition) is 0. The molecule has 1 atom stereocenters. The number of aromatic nitrogens is 1. The van der Waals surface area contributed by atoms with E-state index in [0.29, 0.717) is 0 Å². The number of rotatable bonds is 2. The maximum absolute atomic E-state index is 5.38. The summed E-state index contributed by atoms with van der Waals surface area (Å²) in [6.07, 6.45) is 2.29. The average molecular weight is 520 g/mol. The largest absolute Gasteiger partial charge is 0.334 e. The molecule has 1 unspecified atom stereocenters. The van der Waals surface area contributed by atoms with Crippen LogP contribution in [-0.2, 0) is 0 Å². The standard InChI is InChI=1S/C35H25N3S/c1-37-31(24-14-6-3-7-15-24)22-29(23-12-4-2-5-13-23)36-35(37)38-30-18-10-8-16-25(30)27-20-21-28-26-17-9-11-19-32(26)39-34(28)33(27)38/h2-22,31H,1H3. The fourth-order valence-electron chi connectivity index (χ4n) is 6.00. The number of hydrogen-bond acceptors (Lipinski definition) is 3. The Balaban J connectivity index is 1.48. The summed E-state index contributed by atoms with van der Waals surface area (Å²) < 4.78 is 5.00. The molecule has 5 aromatic carbocycles. The second-order valence-corrected chi connectivity index (χ2v) is 11.1. The van der Waals surface area contributed by atoms with Gasteiger partial charge in [0.05, 0.1) is 27.5 Å². The van der Waals surface area contributed by atoms with Gasteiger partial charge >= 0.3 is 0 Å². The van der Waals surface area contributed by atoms with Crippen molar-refractivity contribution < 1.29 is 0 Å². The summed E-state index contributed by atoms with van der Waals surface area (Å²) in [4.78, 5) is 7.70. The molecule has 186 valence electrons. The highest BCUT2D eigenvalue weighted by Gasteiger charge is 2.28. The van der Waals surface area contributed by atoms with Gasteiger partial charge in [0.2, 0.25) is 5.96 Å². The number of aliphatic imine (C=N–C) groups is 1. The first kappa shape index (κ1) is 22.3. The fourth-order valence-corrected chi connectivity index (χ4v) is 7.24. The summed E-state index contributed by atoms with van der Waals surface area (Å²) in [6.45, 7) is 0. The predicted molar refractivity (Wildman–Crippen MR) is 167 cm³/mol. The van der Waals surface area contributed by atoms with Crippen LogP contribution in [0.15, 0.2) is 132 Å². The van der Waals surface area contributed by atoms with E-state index in [2.05, 4.69) is 144 Å². The molecule has 0 bridgehead atoms. The van der Waals surface area contributed by atoms with E-state index in [0.717, 1.165) is 17.2 Å². The average Bonchev–Trinajstić information content (AvgIpc) is 3.54. The van der Waals surface area contributed by atoms with Crippen molar-refractivity contribution in [2.75, 3.05) is 7.05 Å². The smallest absolute Gasteiger partial charge is 0.211 e. The van der Waals surface area contributed by atoms with Crippen LogP contribution in [-0.4, -0.2) is 22.5 Å². The highest BCUT2D eigenvalue weighted by Crippen LogP contribution is 2.43. The van der Waals surface area contributed by atoms with Gasteiger partial charge in [-0.05, 0) is 23.8 Å². The molecule has 0 aliphatic carbocycles. The minimum atomic E-state index is 0.0479. The summed E-state index contributed by atoms with van der Waals surface area (Å²) in [5, 5.41) is 5.11. The lowest BCUT2D eigenvalue weighted by molar-refractivity contribution is 0.422. The van der Waals surface area contributed by atoms with E-state index in [1.165, 1.54) is 47.5 Å². The topological polar surface area (TPSA) is 20.5 Å². The predicted octanol–water partition coefficient (Wildman–Crippen LogP) is 9.09. The first-order valence-corrected chi connectivity index (χ1v) is 14.1. The molecule has 8 rings (SSSR count). The first-order chi connectivity index (χ1) is 19.3. The van der Waals surface area contributed by atoms with Crippen LogP contribution in [0.4, 0.5) is 0 Å². The van der Waals surface area contributed by atoms with Gasteiger partial charge in [-0.15, -0.1) is 11.3 Å². The summed E-state index contributed by atoms with van der Waals surface area (Å²) in [5.41, 5.74) is 5.75. The first-order valence-electron chi connectivity index (χ1n) is 13.3. The Labute approximate surface area is 230 Å². The van der Waals surface area contributed by atoms with Crippen LogP contribution < -0.4 is 0 Å². The van der Waals surface area contributed by atoms with E-state index < -0.39 is 0 Å². The van der Waals surface area contributed by atoms with Crippen LogP contribution in [0, 0.1) is 0 Å². The molecule has 0 saturated heterocycles. The number of thiophene rings is 1. The Bertz CT molecular complexity index is 2080. The second-order valence-electron chi connectivity index (χ2n) is 10.1. The minimum Gasteiger partial charge on any atom is -0.334 e. The zero-order valence-electron chi connectivity index (χ0n) is 21.5. The van der Waals surface area contributed by atoms with Gasteiger partial charge in [0.15, 0.2) is 0 Å². The van der Waals surface area contributed by atoms with Gasteiger partial charge < -0.3 is 4.90 Å². The molecular formula is C35H25N3S. The lowest BCUT2D eigenvalue weighted by Gasteiger charge is -2.34. The van der Waals surface area contributed by atoms with Gasteiger partial charge in [-0.1, -0.05) is 109 Å². The highest BCUT2D eigenvalue weighted by molar-refractivity contribution is 7.26. The van der Waals surface area contributed by atoms with E-state index in [9.17, 15) is 0 Å². The Morgan fingerprint density at radius 1 is 0.641 bits per heavy atom. The zero-order valence-corrected chi connectivity index (χ0v) is 22.3. The van der Waals surface area contributed by atoms with Crippen LogP contribution in [0.2, 0.25) is 0 Å². The Hall–Kier alpha value is -4.67. The fraction of sp³-hybridized carbons (Fsp3) is 0.0571. The number of benzene rings is 5. The van der Waals surface area contributed by atoms with Crippen LogP contribution in [0.5, 0.6) is 0 Å². The maximum Gasteiger partial charge on any atom is 0.211 e. The summed E-state index contributed by atoms with van der Waals surface area (Å²) in [7, 11) is 2.17. The molecule has 0 N–H and O–H groups in total. The number of likely N-dealkylation sites (N-methyl/N-ethyl adjacent to an activating group) is 1. The van der Waals surface area contributed by atoms with Gasteiger partial charge in [0.1, 0.15) is 0 Å². The monoisotopic (exact) mass is 519 g/mol. The second kappa shape index (κ2) is 8.69. The quantitative estimate of drug-likeness (QED) is 0.223. The molecule has 0 fully saturated rings. The van der Waals surface area contributed by atoms with Crippen molar-refractivity contribution >= 4 is 65.0 Å². The Kier molecular flexibility index (Phi) is 4.97. The SMILES string of the molecule is CN1C(n2c3ccccc3c3ccc4c5ccccc5sc4c32)=NC(c2ccccc2)=CC1c1ccccc1. The van der Waals surface area contributed by atoms with Gasteiger partial charge in [0.25, 0.3) is 0 Å². The highest BCUT2D eigenvalue weighted by atomic mass is 32.1. The summed E-state index contributed by atoms with van der Waals surface area (Å²) in [6, 6.07) is 43.3. The van der Waals surface area contributed by atoms with Gasteiger partial charge in [-0.2, -0.15) is 0 Å². The maximum atomic E-state index is 5.38. The molecule has 1 aliphatic heterocycles. The minimum absolute atomic E-state index is 0.0479. The molecule has 3 heterocycles. The number of nitrogens with zero attached hydrogens (tertiary/aromatic N) is 3. The molecule has 7 aromatic rings. The molecule has 3 nitrogen and oxygen atoms in total. The van der Waals surface area contributed by atoms with Crippen molar-refractivity contribution in [2.45, 2.75) is 6.04 Å². The van der Waals surface area contributed by atoms with Gasteiger partial charge in [-0.3, -0.25) is 4.57 Å². The third-order valence-electron chi connectivity index (χ3n) is 7.86. The van der Waals surface area contributed by atoms with Crippen molar-refractivity contribution in [2.24, 2.45) is 4.99 Å². The Morgan fingerprint density at radius 2 is 1.31 bits per heavy atom. The van der Waals surface area contributed by atoms with Crippen molar-refractivity contribution in [1.82, 2.24) is 9.47 Å². The molecule has 39 heavy (non-hydrogen) atoms. The van der Waals surface area contributed by atoms with Crippen molar-refractivity contribution in [3.8, 4) is 0 Å². The molecule has 0 saturated carbocycles. The molecule has 0 radical (unpaired) electrons. The molecular weight excluding hydrogens is 494 g/mol. The third kappa shape index (κ3) is 3.38. The molecule has 1 aliphatic rings. The molecule has 0 spiro atoms. The molecule has 2 aromatic heterocycles. The number of para-hydroxylation sites is 1. The Morgan fingerprint density at radius 3 is 2.13 bits per heavy atom. The summed E-state index contributed by atoms with van der Waals surface area (Å²) >= 11 is 1.87. The zero-order chi connectivity index (χ0) is 25.9. The van der Waals surface area contributed by atoms with Crippen molar-refractivity contribution in [1.29, 1.82) is 0 Å². The van der Waals surface area contributed by atoms with E-state index >= 15 is 0 Å². The van der Waals surface area contributed by atoms with E-state index in [-0.39, 0.29) is 6.04 Å². The van der Waals surface area contributed by atoms with E-state index in [1.54, 1.807) is 0 Å². The van der Waals surface area contributed by atoms with Crippen molar-refractivity contribution in [3.63, 3.8) is 0 Å². The third-order valence-corrected chi connectivity index (χ3v) is 9.05. The summed E-state index contributed by atoms with van der Waals surface area (Å²) in [5.74, 6) is 0.932. The van der Waals surface area contributed by atoms with Crippen LogP contribution in [0.25, 0.3) is 47.7 Å². The van der Waals surface area contributed by atoms with Crippen LogP contribution in [0.1, 0.15) is 17.2 Å². The molecule has 4 heteroatoms. The number of fused-ring (bicyclic) bond motifs is 7. The van der Waals surface area contributed by atoms with Crippen LogP contribution in [0.3, 0.4) is 0 Å². The lowest BCUT2D eigenvalue weighted by atomic mass is 10.0. The molecule has 0 amide bonds. The lowest BCUT2D eigenvalue weighted by Crippen LogP contribution is -2.37.